The molecule has 1 amide bonds. The van der Waals surface area contributed by atoms with Crippen molar-refractivity contribution in [1.82, 2.24) is 5.32 Å². The first kappa shape index (κ1) is 25.2. The number of nitrogens with one attached hydrogen (secondary N) is 1. The zero-order chi connectivity index (χ0) is 21.8. The molecule has 0 heterocycles. The average molecular weight is 473 g/mol. The Labute approximate surface area is 181 Å². The van der Waals surface area contributed by atoms with Gasteiger partial charge in [0.2, 0.25) is 0 Å². The van der Waals surface area contributed by atoms with E-state index in [1.165, 1.54) is 5.56 Å². The number of rotatable bonds is 7. The molecule has 1 atom stereocenters. The third kappa shape index (κ3) is 7.88. The van der Waals surface area contributed by atoms with Crippen LogP contribution >= 0.6 is 15.9 Å². The van der Waals surface area contributed by atoms with E-state index in [4.69, 9.17) is 9.16 Å². The van der Waals surface area contributed by atoms with Gasteiger partial charge in [0, 0.05) is 11.1 Å². The van der Waals surface area contributed by atoms with Crippen LogP contribution in [0.5, 0.6) is 0 Å². The summed E-state index contributed by atoms with van der Waals surface area (Å²) in [6.07, 6.45) is 1.23. The first-order chi connectivity index (χ1) is 12.7. The van der Waals surface area contributed by atoms with Crippen molar-refractivity contribution >= 4 is 30.3 Å². The third-order valence-corrected chi connectivity index (χ3v) is 10.5. The van der Waals surface area contributed by atoms with E-state index in [1.54, 1.807) is 0 Å². The Balaban J connectivity index is 2.97. The topological polar surface area (TPSA) is 47.6 Å². The predicted octanol–water partition coefficient (Wildman–Crippen LogP) is 6.99. The van der Waals surface area contributed by atoms with E-state index in [0.717, 1.165) is 16.5 Å². The molecular weight excluding hydrogens is 434 g/mol. The van der Waals surface area contributed by atoms with Gasteiger partial charge in [0.05, 0.1) is 6.04 Å². The number of aryl methyl sites for hydroxylation is 1. The number of carbonyl (C=O) groups is 1. The van der Waals surface area contributed by atoms with Crippen LogP contribution in [-0.2, 0) is 15.6 Å². The van der Waals surface area contributed by atoms with E-state index < -0.39 is 20.0 Å². The number of hydrogen-bond donors (Lipinski definition) is 1. The van der Waals surface area contributed by atoms with Crippen LogP contribution in [0.3, 0.4) is 0 Å². The van der Waals surface area contributed by atoms with Gasteiger partial charge in [0.15, 0.2) is 8.32 Å². The Morgan fingerprint density at radius 2 is 1.79 bits per heavy atom. The standard InChI is InChI=1S/C22H38BrNO3Si/c1-10-16-15-17(11-12-18(16)23)19(24-20(25)27-21(2,3)4)13-14-26-28(8,9)22(5,6)7/h11-12,15,19H,10,13-14H2,1-9H3,(H,24,25). The molecule has 1 aromatic rings. The van der Waals surface area contributed by atoms with Crippen molar-refractivity contribution in [3.8, 4) is 0 Å². The van der Waals surface area contributed by atoms with Crippen molar-refractivity contribution in [2.24, 2.45) is 0 Å². The number of alkyl carbamates (subject to hydrolysis) is 1. The monoisotopic (exact) mass is 471 g/mol. The van der Waals surface area contributed by atoms with Crippen molar-refractivity contribution in [1.29, 1.82) is 0 Å². The molecule has 0 aliphatic heterocycles. The van der Waals surface area contributed by atoms with E-state index in [2.05, 4.69) is 74.2 Å². The summed E-state index contributed by atoms with van der Waals surface area (Å²) in [6.45, 7) is 19.5. The summed E-state index contributed by atoms with van der Waals surface area (Å²) in [7, 11) is -1.83. The van der Waals surface area contributed by atoms with Crippen molar-refractivity contribution in [2.75, 3.05) is 6.61 Å². The second kappa shape index (κ2) is 9.77. The van der Waals surface area contributed by atoms with Gasteiger partial charge in [0.1, 0.15) is 5.60 Å². The number of benzene rings is 1. The first-order valence-corrected chi connectivity index (χ1v) is 13.8. The summed E-state index contributed by atoms with van der Waals surface area (Å²) in [5, 5.41) is 3.21. The van der Waals surface area contributed by atoms with Crippen LogP contribution in [0.1, 0.15) is 72.1 Å². The van der Waals surface area contributed by atoms with E-state index in [0.29, 0.717) is 13.0 Å². The maximum Gasteiger partial charge on any atom is 0.408 e. The molecular formula is C22H38BrNO3Si. The molecule has 0 bridgehead atoms. The van der Waals surface area contributed by atoms with Crippen molar-refractivity contribution in [3.05, 3.63) is 33.8 Å². The number of ether oxygens (including phenoxy) is 1. The number of carbonyl (C=O) groups excluding carboxylic acids is 1. The summed E-state index contributed by atoms with van der Waals surface area (Å²) >= 11 is 3.60. The molecule has 0 spiro atoms. The Morgan fingerprint density at radius 3 is 2.29 bits per heavy atom. The fraction of sp³-hybridized carbons (Fsp3) is 0.682. The highest BCUT2D eigenvalue weighted by Gasteiger charge is 2.37. The summed E-state index contributed by atoms with van der Waals surface area (Å²) in [5.74, 6) is 0. The minimum absolute atomic E-state index is 0.155. The normalized spacial score (nSPS) is 13.9. The molecule has 1 aromatic carbocycles. The molecule has 4 nitrogen and oxygen atoms in total. The minimum atomic E-state index is -1.83. The molecule has 6 heteroatoms. The summed E-state index contributed by atoms with van der Waals surface area (Å²) in [4.78, 5) is 12.4. The number of amides is 1. The lowest BCUT2D eigenvalue weighted by Crippen LogP contribution is -2.41. The summed E-state index contributed by atoms with van der Waals surface area (Å²) in [6, 6.07) is 6.10. The van der Waals surface area contributed by atoms with Crippen LogP contribution in [-0.4, -0.2) is 26.6 Å². The second-order valence-electron chi connectivity index (χ2n) is 9.80. The van der Waals surface area contributed by atoms with E-state index in [-0.39, 0.29) is 11.1 Å². The fourth-order valence-corrected chi connectivity index (χ4v) is 4.09. The van der Waals surface area contributed by atoms with Gasteiger partial charge in [-0.2, -0.15) is 0 Å². The highest BCUT2D eigenvalue weighted by molar-refractivity contribution is 9.10. The largest absolute Gasteiger partial charge is 0.444 e. The Hall–Kier alpha value is -0.853. The van der Waals surface area contributed by atoms with Gasteiger partial charge in [-0.05, 0) is 68.9 Å². The molecule has 1 rings (SSSR count). The fourth-order valence-electron chi connectivity index (χ4n) is 2.50. The smallest absolute Gasteiger partial charge is 0.408 e. The quantitative estimate of drug-likeness (QED) is 0.435. The molecule has 0 radical (unpaired) electrons. The molecule has 1 unspecified atom stereocenters. The third-order valence-electron chi connectivity index (χ3n) is 5.22. The van der Waals surface area contributed by atoms with Crippen LogP contribution < -0.4 is 5.32 Å². The molecule has 0 aliphatic rings. The number of halogens is 1. The molecule has 0 saturated heterocycles. The van der Waals surface area contributed by atoms with Crippen LogP contribution in [0.4, 0.5) is 4.79 Å². The maximum absolute atomic E-state index is 12.4. The van der Waals surface area contributed by atoms with E-state index in [9.17, 15) is 4.79 Å². The van der Waals surface area contributed by atoms with Gasteiger partial charge in [0.25, 0.3) is 0 Å². The van der Waals surface area contributed by atoms with Crippen molar-refractivity contribution in [3.63, 3.8) is 0 Å². The second-order valence-corrected chi connectivity index (χ2v) is 15.5. The van der Waals surface area contributed by atoms with Gasteiger partial charge < -0.3 is 14.5 Å². The van der Waals surface area contributed by atoms with Gasteiger partial charge in [-0.1, -0.05) is 55.8 Å². The Morgan fingerprint density at radius 1 is 1.18 bits per heavy atom. The maximum atomic E-state index is 12.4. The molecule has 1 N–H and O–H groups in total. The highest BCUT2D eigenvalue weighted by Crippen LogP contribution is 2.37. The molecule has 0 aliphatic carbocycles. The lowest BCUT2D eigenvalue weighted by molar-refractivity contribution is 0.0497. The molecule has 28 heavy (non-hydrogen) atoms. The zero-order valence-corrected chi connectivity index (χ0v) is 21.6. The first-order valence-electron chi connectivity index (χ1n) is 10.1. The van der Waals surface area contributed by atoms with E-state index >= 15 is 0 Å². The molecule has 0 aromatic heterocycles. The Bertz CT molecular complexity index is 663. The summed E-state index contributed by atoms with van der Waals surface area (Å²) < 4.78 is 12.9. The van der Waals surface area contributed by atoms with E-state index in [1.807, 2.05) is 26.8 Å². The van der Waals surface area contributed by atoms with Crippen LogP contribution in [0.15, 0.2) is 22.7 Å². The lowest BCUT2D eigenvalue weighted by Gasteiger charge is -2.36. The van der Waals surface area contributed by atoms with Gasteiger partial charge in [-0.3, -0.25) is 0 Å². The molecule has 0 fully saturated rings. The van der Waals surface area contributed by atoms with Crippen LogP contribution in [0, 0.1) is 0 Å². The van der Waals surface area contributed by atoms with Crippen molar-refractivity contribution < 1.29 is 14.0 Å². The molecule has 160 valence electrons. The zero-order valence-electron chi connectivity index (χ0n) is 19.0. The Kier molecular flexibility index (Phi) is 8.78. The average Bonchev–Trinajstić information content (AvgIpc) is 2.51. The number of hydrogen-bond acceptors (Lipinski definition) is 3. The van der Waals surface area contributed by atoms with Gasteiger partial charge >= 0.3 is 6.09 Å². The van der Waals surface area contributed by atoms with Crippen molar-refractivity contribution in [2.45, 2.75) is 91.1 Å². The highest BCUT2D eigenvalue weighted by atomic mass is 79.9. The van der Waals surface area contributed by atoms with Crippen LogP contribution in [0.25, 0.3) is 0 Å². The lowest BCUT2D eigenvalue weighted by atomic mass is 10.0. The minimum Gasteiger partial charge on any atom is -0.444 e. The van der Waals surface area contributed by atoms with Gasteiger partial charge in [-0.25, -0.2) is 4.79 Å². The SMILES string of the molecule is CCc1cc(C(CCO[Si](C)(C)C(C)(C)C)NC(=O)OC(C)(C)C)ccc1Br. The van der Waals surface area contributed by atoms with Gasteiger partial charge in [-0.15, -0.1) is 0 Å². The summed E-state index contributed by atoms with van der Waals surface area (Å²) in [5.41, 5.74) is 1.77. The molecule has 0 saturated carbocycles. The predicted molar refractivity (Wildman–Crippen MR) is 123 cm³/mol. The van der Waals surface area contributed by atoms with Crippen LogP contribution in [0.2, 0.25) is 18.1 Å².